The van der Waals surface area contributed by atoms with E-state index in [1.807, 2.05) is 25.2 Å². The van der Waals surface area contributed by atoms with Gasteiger partial charge in [-0.25, -0.2) is 4.79 Å². The number of hydrogen-bond donors (Lipinski definition) is 1. The fourth-order valence-electron chi connectivity index (χ4n) is 2.15. The number of benzene rings is 1. The predicted octanol–water partition coefficient (Wildman–Crippen LogP) is 1.55. The summed E-state index contributed by atoms with van der Waals surface area (Å²) >= 11 is 0. The number of aryl methyl sites for hydroxylation is 1. The lowest BCUT2D eigenvalue weighted by Crippen LogP contribution is -2.36. The molecule has 0 spiro atoms. The molecule has 0 aliphatic rings. The van der Waals surface area contributed by atoms with Crippen LogP contribution in [0.4, 0.5) is 5.69 Å². The van der Waals surface area contributed by atoms with E-state index in [1.54, 1.807) is 7.05 Å². The van der Waals surface area contributed by atoms with Crippen molar-refractivity contribution in [2.75, 3.05) is 25.0 Å². The van der Waals surface area contributed by atoms with Crippen molar-refractivity contribution in [2.45, 2.75) is 13.8 Å². The van der Waals surface area contributed by atoms with Crippen LogP contribution in [0.25, 0.3) is 11.1 Å². The van der Waals surface area contributed by atoms with E-state index in [1.165, 1.54) is 4.57 Å². The lowest BCUT2D eigenvalue weighted by molar-refractivity contribution is 0.385. The average Bonchev–Trinajstić information content (AvgIpc) is 2.64. The fraction of sp³-hybridized carbons (Fsp3) is 0.500. The van der Waals surface area contributed by atoms with Crippen molar-refractivity contribution >= 4 is 16.8 Å². The molecule has 104 valence electrons. The van der Waals surface area contributed by atoms with Gasteiger partial charge in [-0.1, -0.05) is 13.8 Å². The summed E-state index contributed by atoms with van der Waals surface area (Å²) in [6, 6.07) is 5.75. The second-order valence-electron chi connectivity index (χ2n) is 5.80. The first kappa shape index (κ1) is 13.7. The second-order valence-corrected chi connectivity index (χ2v) is 5.80. The normalized spacial score (nSPS) is 12.1. The lowest BCUT2D eigenvalue weighted by Gasteiger charge is -2.30. The molecular weight excluding hydrogens is 242 g/mol. The van der Waals surface area contributed by atoms with Gasteiger partial charge in [0, 0.05) is 26.3 Å². The van der Waals surface area contributed by atoms with E-state index in [4.69, 9.17) is 10.2 Å². The first-order valence-corrected chi connectivity index (χ1v) is 6.35. The van der Waals surface area contributed by atoms with Crippen LogP contribution in [0.5, 0.6) is 0 Å². The smallest absolute Gasteiger partial charge is 0.408 e. The third-order valence-electron chi connectivity index (χ3n) is 3.43. The van der Waals surface area contributed by atoms with Gasteiger partial charge in [0.25, 0.3) is 0 Å². The highest BCUT2D eigenvalue weighted by atomic mass is 16.4. The standard InChI is InChI=1S/C14H21N3O2/c1-14(2,8-15)9-16(3)10-5-6-12-11(7-10)17(4)13(18)19-12/h5-7H,8-9,15H2,1-4H3. The number of hydrogen-bond acceptors (Lipinski definition) is 4. The molecule has 0 aliphatic carbocycles. The van der Waals surface area contributed by atoms with Gasteiger partial charge in [-0.15, -0.1) is 0 Å². The summed E-state index contributed by atoms with van der Waals surface area (Å²) in [6.07, 6.45) is 0. The van der Waals surface area contributed by atoms with Gasteiger partial charge >= 0.3 is 5.76 Å². The van der Waals surface area contributed by atoms with Crippen molar-refractivity contribution in [3.05, 3.63) is 28.7 Å². The van der Waals surface area contributed by atoms with Crippen molar-refractivity contribution in [3.8, 4) is 0 Å². The maximum absolute atomic E-state index is 11.5. The molecule has 0 radical (unpaired) electrons. The zero-order chi connectivity index (χ0) is 14.2. The molecule has 1 aromatic carbocycles. The van der Waals surface area contributed by atoms with E-state index in [2.05, 4.69) is 18.7 Å². The maximum Gasteiger partial charge on any atom is 0.419 e. The third kappa shape index (κ3) is 2.66. The van der Waals surface area contributed by atoms with Crippen LogP contribution in [0.1, 0.15) is 13.8 Å². The van der Waals surface area contributed by atoms with Crippen molar-refractivity contribution in [1.82, 2.24) is 4.57 Å². The van der Waals surface area contributed by atoms with Crippen LogP contribution in [-0.4, -0.2) is 24.7 Å². The Balaban J connectivity index is 2.35. The Kier molecular flexibility index (Phi) is 3.41. The van der Waals surface area contributed by atoms with Crippen molar-refractivity contribution in [2.24, 2.45) is 18.2 Å². The summed E-state index contributed by atoms with van der Waals surface area (Å²) in [5, 5.41) is 0. The monoisotopic (exact) mass is 263 g/mol. The van der Waals surface area contributed by atoms with Crippen molar-refractivity contribution < 1.29 is 4.42 Å². The molecule has 0 amide bonds. The molecule has 0 fully saturated rings. The minimum Gasteiger partial charge on any atom is -0.408 e. The molecule has 2 rings (SSSR count). The Morgan fingerprint density at radius 3 is 2.74 bits per heavy atom. The van der Waals surface area contributed by atoms with E-state index >= 15 is 0 Å². The average molecular weight is 263 g/mol. The first-order valence-electron chi connectivity index (χ1n) is 6.35. The minimum absolute atomic E-state index is 0.0476. The van der Waals surface area contributed by atoms with Gasteiger partial charge in [0.15, 0.2) is 5.58 Å². The van der Waals surface area contributed by atoms with E-state index in [-0.39, 0.29) is 11.2 Å². The van der Waals surface area contributed by atoms with Gasteiger partial charge in [-0.05, 0) is 30.2 Å². The molecule has 0 bridgehead atoms. The number of rotatable bonds is 4. The number of anilines is 1. The lowest BCUT2D eigenvalue weighted by atomic mass is 9.93. The SMILES string of the molecule is CN(CC(C)(C)CN)c1ccc2oc(=O)n(C)c2c1. The molecule has 19 heavy (non-hydrogen) atoms. The zero-order valence-corrected chi connectivity index (χ0v) is 11.9. The number of fused-ring (bicyclic) bond motifs is 1. The van der Waals surface area contributed by atoms with Crippen LogP contribution in [0.15, 0.2) is 27.4 Å². The highest BCUT2D eigenvalue weighted by Crippen LogP contribution is 2.23. The van der Waals surface area contributed by atoms with Gasteiger partial charge < -0.3 is 15.1 Å². The number of nitrogens with two attached hydrogens (primary N) is 1. The van der Waals surface area contributed by atoms with Gasteiger partial charge in [0.1, 0.15) is 0 Å². The summed E-state index contributed by atoms with van der Waals surface area (Å²) in [4.78, 5) is 13.6. The predicted molar refractivity (Wildman–Crippen MR) is 77.6 cm³/mol. The Labute approximate surface area is 112 Å². The van der Waals surface area contributed by atoms with Crippen LogP contribution >= 0.6 is 0 Å². The van der Waals surface area contributed by atoms with E-state index in [0.717, 1.165) is 17.7 Å². The molecule has 5 heteroatoms. The van der Waals surface area contributed by atoms with E-state index in [0.29, 0.717) is 12.1 Å². The second kappa shape index (κ2) is 4.74. The molecule has 0 aliphatic heterocycles. The van der Waals surface area contributed by atoms with E-state index < -0.39 is 0 Å². The van der Waals surface area contributed by atoms with Crippen LogP contribution < -0.4 is 16.4 Å². The van der Waals surface area contributed by atoms with Crippen LogP contribution in [0.3, 0.4) is 0 Å². The number of nitrogens with zero attached hydrogens (tertiary/aromatic N) is 2. The quantitative estimate of drug-likeness (QED) is 0.909. The van der Waals surface area contributed by atoms with Crippen molar-refractivity contribution in [3.63, 3.8) is 0 Å². The third-order valence-corrected chi connectivity index (χ3v) is 3.43. The molecule has 0 saturated carbocycles. The summed E-state index contributed by atoms with van der Waals surface area (Å²) < 4.78 is 6.64. The van der Waals surface area contributed by atoms with Crippen molar-refractivity contribution in [1.29, 1.82) is 0 Å². The summed E-state index contributed by atoms with van der Waals surface area (Å²) in [5.74, 6) is -0.336. The maximum atomic E-state index is 11.5. The molecule has 0 atom stereocenters. The molecular formula is C14H21N3O2. The zero-order valence-electron chi connectivity index (χ0n) is 11.9. The molecule has 1 aromatic heterocycles. The summed E-state index contributed by atoms with van der Waals surface area (Å²) in [5.41, 5.74) is 8.28. The fourth-order valence-corrected chi connectivity index (χ4v) is 2.15. The summed E-state index contributed by atoms with van der Waals surface area (Å²) in [6.45, 7) is 5.75. The Morgan fingerprint density at radius 2 is 2.11 bits per heavy atom. The largest absolute Gasteiger partial charge is 0.419 e. The first-order chi connectivity index (χ1) is 8.84. The number of oxazole rings is 1. The van der Waals surface area contributed by atoms with Gasteiger partial charge in [0.2, 0.25) is 0 Å². The molecule has 1 heterocycles. The van der Waals surface area contributed by atoms with Gasteiger partial charge in [-0.2, -0.15) is 0 Å². The molecule has 0 saturated heterocycles. The Bertz CT molecular complexity index is 640. The van der Waals surface area contributed by atoms with Crippen LogP contribution in [-0.2, 0) is 7.05 Å². The Hall–Kier alpha value is -1.75. The highest BCUT2D eigenvalue weighted by molar-refractivity contribution is 5.77. The molecule has 2 aromatic rings. The summed E-state index contributed by atoms with van der Waals surface area (Å²) in [7, 11) is 3.73. The topological polar surface area (TPSA) is 64.4 Å². The molecule has 0 unspecified atom stereocenters. The highest BCUT2D eigenvalue weighted by Gasteiger charge is 2.19. The molecule has 2 N–H and O–H groups in total. The van der Waals surface area contributed by atoms with Gasteiger partial charge in [0.05, 0.1) is 5.52 Å². The van der Waals surface area contributed by atoms with Crippen LogP contribution in [0.2, 0.25) is 0 Å². The Morgan fingerprint density at radius 1 is 1.42 bits per heavy atom. The van der Waals surface area contributed by atoms with Crippen LogP contribution in [0, 0.1) is 5.41 Å². The molecule has 5 nitrogen and oxygen atoms in total. The minimum atomic E-state index is -0.336. The van der Waals surface area contributed by atoms with E-state index in [9.17, 15) is 4.79 Å². The van der Waals surface area contributed by atoms with Gasteiger partial charge in [-0.3, -0.25) is 4.57 Å². The number of aromatic nitrogens is 1.